The number of aromatic nitrogens is 1. The van der Waals surface area contributed by atoms with Crippen LogP contribution in [0.5, 0.6) is 0 Å². The van der Waals surface area contributed by atoms with Gasteiger partial charge in [0, 0.05) is 36.2 Å². The van der Waals surface area contributed by atoms with Gasteiger partial charge in [-0.25, -0.2) is 4.79 Å². The largest absolute Gasteiger partial charge is 0.432 e. The lowest BCUT2D eigenvalue weighted by Gasteiger charge is -2.40. The van der Waals surface area contributed by atoms with Gasteiger partial charge in [0.1, 0.15) is 29.9 Å². The van der Waals surface area contributed by atoms with Crippen LogP contribution in [0, 0.1) is 0 Å². The van der Waals surface area contributed by atoms with E-state index >= 15 is 0 Å². The minimum atomic E-state index is -0.285. The van der Waals surface area contributed by atoms with Crippen LogP contribution in [-0.4, -0.2) is 56.8 Å². The number of aryl methyl sites for hydroxylation is 1. The second-order valence-corrected chi connectivity index (χ2v) is 10.9. The number of anilines is 1. The number of nitrogens with two attached hydrogens (primary N) is 1. The molecule has 0 spiro atoms. The van der Waals surface area contributed by atoms with Gasteiger partial charge < -0.3 is 11.1 Å². The van der Waals surface area contributed by atoms with Crippen molar-refractivity contribution in [2.75, 3.05) is 24.3 Å². The van der Waals surface area contributed by atoms with Gasteiger partial charge in [0.25, 0.3) is 0 Å². The van der Waals surface area contributed by atoms with Crippen molar-refractivity contribution in [3.8, 4) is 0 Å². The number of fused-ring (bicyclic) bond motifs is 2. The number of hydrogen-bond acceptors (Lipinski definition) is 5. The maximum atomic E-state index is 13.6. The van der Waals surface area contributed by atoms with Gasteiger partial charge in [0.05, 0.1) is 12.1 Å². The van der Waals surface area contributed by atoms with Crippen LogP contribution in [0.15, 0.2) is 24.3 Å². The Kier molecular flexibility index (Phi) is 7.67. The van der Waals surface area contributed by atoms with Gasteiger partial charge in [0.2, 0.25) is 5.91 Å². The monoisotopic (exact) mass is 484 g/mol. The lowest BCUT2D eigenvalue weighted by molar-refractivity contribution is -0.762. The fourth-order valence-electron chi connectivity index (χ4n) is 5.51. The van der Waals surface area contributed by atoms with Crippen LogP contribution in [0.2, 0.25) is 0 Å². The van der Waals surface area contributed by atoms with Crippen molar-refractivity contribution >= 4 is 40.5 Å². The summed E-state index contributed by atoms with van der Waals surface area (Å²) in [7, 11) is 0. The Morgan fingerprint density at radius 2 is 2.03 bits per heavy atom. The van der Waals surface area contributed by atoms with Crippen LogP contribution < -0.4 is 11.1 Å². The molecule has 2 aromatic rings. The quantitative estimate of drug-likeness (QED) is 0.372. The Balaban J connectivity index is 1.69. The summed E-state index contributed by atoms with van der Waals surface area (Å²) in [6, 6.07) is 8.66. The molecule has 1 aliphatic heterocycles. The van der Waals surface area contributed by atoms with Crippen molar-refractivity contribution in [1.82, 2.24) is 9.88 Å². The zero-order valence-electron chi connectivity index (χ0n) is 20.7. The van der Waals surface area contributed by atoms with Gasteiger partial charge in [-0.05, 0) is 64.5 Å². The van der Waals surface area contributed by atoms with Gasteiger partial charge in [-0.1, -0.05) is 18.2 Å². The summed E-state index contributed by atoms with van der Waals surface area (Å²) in [6.45, 7) is 7.67. The van der Waals surface area contributed by atoms with E-state index < -0.39 is 0 Å². The van der Waals surface area contributed by atoms with Crippen molar-refractivity contribution in [2.45, 2.75) is 77.8 Å². The summed E-state index contributed by atoms with van der Waals surface area (Å²) >= 11 is 1.72. The first-order chi connectivity index (χ1) is 16.4. The van der Waals surface area contributed by atoms with Crippen molar-refractivity contribution in [2.24, 2.45) is 5.73 Å². The van der Waals surface area contributed by atoms with Crippen molar-refractivity contribution < 1.29 is 13.5 Å². The maximum Gasteiger partial charge on any atom is 0.432 e. The first-order valence-electron chi connectivity index (χ1n) is 12.6. The summed E-state index contributed by atoms with van der Waals surface area (Å²) in [5.74, 6) is 0.417. The Bertz CT molecular complexity index is 1060. The predicted octanol–water partition coefficient (Wildman–Crippen LogP) is 4.84. The minimum absolute atomic E-state index is 0.0274. The molecule has 1 fully saturated rings. The molecule has 1 saturated heterocycles. The highest BCUT2D eigenvalue weighted by Gasteiger charge is 2.55. The molecular formula is C26H38N5O2S+. The van der Waals surface area contributed by atoms with E-state index in [1.54, 1.807) is 11.9 Å². The van der Waals surface area contributed by atoms with Gasteiger partial charge in [-0.3, -0.25) is 14.7 Å². The van der Waals surface area contributed by atoms with Crippen LogP contribution >= 0.6 is 11.9 Å². The molecule has 34 heavy (non-hydrogen) atoms. The molecule has 0 radical (unpaired) electrons. The molecule has 7 nitrogen and oxygen atoms in total. The molecule has 0 saturated carbocycles. The lowest BCUT2D eigenvalue weighted by Crippen LogP contribution is -2.59. The molecular weight excluding hydrogens is 446 g/mol. The standard InChI is InChI=1S/C26H37N5O2S/c1-4-30-17-34-31(18(2)3,26(30)33)19(10-9-15-24(27)32)16-28-25-20-11-5-7-13-22(20)29-23-14-8-6-12-21(23)25/h5,7,11,13,18-19H,4,6,8-10,12,14-17H2,1-3H3,(H2-,27,28,29,32)/p+1. The number of primary amides is 1. The fraction of sp³-hybridized carbons (Fsp3) is 0.577. The molecule has 8 heteroatoms. The normalized spacial score (nSPS) is 21.2. The third-order valence-electron chi connectivity index (χ3n) is 7.33. The van der Waals surface area contributed by atoms with Gasteiger partial charge >= 0.3 is 6.03 Å². The van der Waals surface area contributed by atoms with Crippen LogP contribution in [0.3, 0.4) is 0 Å². The summed E-state index contributed by atoms with van der Waals surface area (Å²) < 4.78 is 0.352. The highest BCUT2D eigenvalue weighted by Crippen LogP contribution is 2.42. The molecule has 2 aliphatic rings. The number of para-hydroxylation sites is 1. The predicted molar refractivity (Wildman–Crippen MR) is 139 cm³/mol. The van der Waals surface area contributed by atoms with E-state index in [1.165, 1.54) is 29.8 Å². The molecule has 2 heterocycles. The number of urea groups is 1. The highest BCUT2D eigenvalue weighted by molar-refractivity contribution is 7.94. The van der Waals surface area contributed by atoms with Crippen LogP contribution in [0.25, 0.3) is 10.9 Å². The van der Waals surface area contributed by atoms with Crippen LogP contribution in [0.1, 0.15) is 64.1 Å². The van der Waals surface area contributed by atoms with E-state index in [1.807, 2.05) is 17.9 Å². The van der Waals surface area contributed by atoms with Gasteiger partial charge in [0.15, 0.2) is 0 Å². The molecule has 1 aliphatic carbocycles. The molecule has 4 rings (SSSR count). The van der Waals surface area contributed by atoms with Crippen molar-refractivity contribution in [1.29, 1.82) is 0 Å². The van der Waals surface area contributed by atoms with E-state index in [2.05, 4.69) is 37.4 Å². The zero-order valence-corrected chi connectivity index (χ0v) is 21.5. The number of amides is 3. The second-order valence-electron chi connectivity index (χ2n) is 9.73. The maximum absolute atomic E-state index is 13.6. The highest BCUT2D eigenvalue weighted by atomic mass is 32.2. The number of rotatable bonds is 10. The van der Waals surface area contributed by atoms with Crippen LogP contribution in [-0.2, 0) is 17.6 Å². The minimum Gasteiger partial charge on any atom is -0.378 e. The lowest BCUT2D eigenvalue weighted by atomic mass is 9.92. The van der Waals surface area contributed by atoms with Crippen LogP contribution in [0.4, 0.5) is 10.5 Å². The fourth-order valence-corrected chi connectivity index (χ4v) is 7.05. The summed E-state index contributed by atoms with van der Waals surface area (Å²) in [4.78, 5) is 32.0. The van der Waals surface area contributed by atoms with E-state index in [4.69, 9.17) is 10.7 Å². The number of carbonyl (C=O) groups excluding carboxylic acids is 2. The number of carbonyl (C=O) groups is 2. The summed E-state index contributed by atoms with van der Waals surface area (Å²) in [6.07, 6.45) is 6.19. The molecule has 2 atom stereocenters. The molecule has 1 aromatic carbocycles. The van der Waals surface area contributed by atoms with Crippen molar-refractivity contribution in [3.63, 3.8) is 0 Å². The first kappa shape index (κ1) is 24.8. The molecule has 1 aromatic heterocycles. The van der Waals surface area contributed by atoms with Crippen molar-refractivity contribution in [3.05, 3.63) is 35.5 Å². The molecule has 3 amide bonds. The molecule has 3 N–H and O–H groups in total. The smallest absolute Gasteiger partial charge is 0.378 e. The Morgan fingerprint density at radius 1 is 1.26 bits per heavy atom. The molecule has 184 valence electrons. The number of quaternary nitrogens is 1. The van der Waals surface area contributed by atoms with Gasteiger partial charge in [-0.15, -0.1) is 0 Å². The first-order valence-corrected chi connectivity index (χ1v) is 13.6. The van der Waals surface area contributed by atoms with E-state index in [-0.39, 0.29) is 24.0 Å². The third-order valence-corrected chi connectivity index (χ3v) is 9.06. The van der Waals surface area contributed by atoms with Gasteiger partial charge in [-0.2, -0.15) is 3.89 Å². The average molecular weight is 485 g/mol. The topological polar surface area (TPSA) is 88.3 Å². The Labute approximate surface area is 207 Å². The summed E-state index contributed by atoms with van der Waals surface area (Å²) in [5, 5.41) is 4.95. The number of hydrogen-bond donors (Lipinski definition) is 2. The SMILES string of the molecule is CCN1CS[N+](C(C)C)(C(CCCC(N)=O)CNc2c3c(nc4ccccc24)CCCC3)C1=O. The number of pyridine rings is 1. The second kappa shape index (κ2) is 10.5. The average Bonchev–Trinajstić information content (AvgIpc) is 3.17. The zero-order chi connectivity index (χ0) is 24.3. The Hall–Kier alpha value is -2.32. The number of benzene rings is 1. The number of nitrogens with one attached hydrogen (secondary N) is 1. The Morgan fingerprint density at radius 3 is 2.74 bits per heavy atom. The summed E-state index contributed by atoms with van der Waals surface area (Å²) in [5.41, 5.74) is 10.2. The van der Waals surface area contributed by atoms with E-state index in [9.17, 15) is 9.59 Å². The molecule has 2 unspecified atom stereocenters. The third kappa shape index (κ3) is 4.62. The van der Waals surface area contributed by atoms with E-state index in [0.29, 0.717) is 35.7 Å². The van der Waals surface area contributed by atoms with E-state index in [0.717, 1.165) is 30.2 Å². The number of nitrogens with zero attached hydrogens (tertiary/aromatic N) is 3. The molecule has 0 bridgehead atoms.